The van der Waals surface area contributed by atoms with Crippen molar-refractivity contribution in [1.82, 2.24) is 4.98 Å². The summed E-state index contributed by atoms with van der Waals surface area (Å²) in [4.78, 5) is 18.7. The first kappa shape index (κ1) is 23.2. The molecule has 2 fully saturated rings. The summed E-state index contributed by atoms with van der Waals surface area (Å²) < 4.78 is 5.72. The Morgan fingerprint density at radius 1 is 1.18 bits per heavy atom. The quantitative estimate of drug-likeness (QED) is 0.470. The van der Waals surface area contributed by atoms with Gasteiger partial charge >= 0.3 is 5.97 Å². The molecule has 3 N–H and O–H groups in total. The predicted molar refractivity (Wildman–Crippen MR) is 131 cm³/mol. The number of nitrogens with zero attached hydrogens (tertiary/aromatic N) is 2. The largest absolute Gasteiger partial charge is 0.477 e. The number of aromatic carboxylic acids is 1. The predicted octanol–water partition coefficient (Wildman–Crippen LogP) is 5.33. The average Bonchev–Trinajstić information content (AvgIpc) is 2.78. The number of hydrogen-bond donors (Lipinski definition) is 3. The van der Waals surface area contributed by atoms with E-state index in [-0.39, 0.29) is 17.2 Å². The highest BCUT2D eigenvalue weighted by molar-refractivity contribution is 6.10. The minimum atomic E-state index is -1.07. The van der Waals surface area contributed by atoms with E-state index in [1.807, 2.05) is 30.3 Å². The van der Waals surface area contributed by atoms with E-state index in [1.54, 1.807) is 13.2 Å². The van der Waals surface area contributed by atoms with E-state index in [2.05, 4.69) is 29.0 Å². The monoisotopic (exact) mass is 450 g/mol. The number of benzene rings is 1. The zero-order chi connectivity index (χ0) is 23.6. The van der Waals surface area contributed by atoms with Gasteiger partial charge in [-0.3, -0.25) is 0 Å². The number of hydrogen-bond acceptors (Lipinski definition) is 6. The van der Waals surface area contributed by atoms with E-state index in [1.165, 1.54) is 0 Å². The minimum absolute atomic E-state index is 0.00654. The molecule has 4 rings (SSSR count). The summed E-state index contributed by atoms with van der Waals surface area (Å²) in [7, 11) is 1.76. The van der Waals surface area contributed by atoms with Crippen molar-refractivity contribution in [2.24, 2.45) is 11.8 Å². The highest BCUT2D eigenvalue weighted by atomic mass is 16.5. The molecule has 1 saturated heterocycles. The number of ether oxygens (including phenoxy) is 1. The molecule has 176 valence electrons. The summed E-state index contributed by atoms with van der Waals surface area (Å²) >= 11 is 0. The second-order valence-electron chi connectivity index (χ2n) is 9.66. The minimum Gasteiger partial charge on any atom is -0.477 e. The van der Waals surface area contributed by atoms with Crippen LogP contribution in [-0.2, 0) is 4.74 Å². The number of pyridine rings is 1. The van der Waals surface area contributed by atoms with Crippen molar-refractivity contribution in [2.75, 3.05) is 30.4 Å². The van der Waals surface area contributed by atoms with Gasteiger partial charge in [0.2, 0.25) is 0 Å². The average molecular weight is 451 g/mol. The summed E-state index contributed by atoms with van der Waals surface area (Å²) in [5.74, 6) is 0.00956. The first-order chi connectivity index (χ1) is 15.8. The van der Waals surface area contributed by atoms with Gasteiger partial charge < -0.3 is 25.5 Å². The van der Waals surface area contributed by atoms with Crippen molar-refractivity contribution in [3.8, 4) is 0 Å². The van der Waals surface area contributed by atoms with Gasteiger partial charge in [0, 0.05) is 37.5 Å². The summed E-state index contributed by atoms with van der Waals surface area (Å²) in [6.45, 7) is 5.83. The smallest absolute Gasteiger partial charge is 0.354 e. The molecule has 33 heavy (non-hydrogen) atoms. The van der Waals surface area contributed by atoms with E-state index in [4.69, 9.17) is 10.1 Å². The van der Waals surface area contributed by atoms with Gasteiger partial charge in [-0.1, -0.05) is 24.6 Å². The fourth-order valence-corrected chi connectivity index (χ4v) is 4.79. The van der Waals surface area contributed by atoms with Gasteiger partial charge in [0.05, 0.1) is 16.9 Å². The van der Waals surface area contributed by atoms with E-state index in [0.29, 0.717) is 17.4 Å². The fraction of sp³-hybridized carbons (Fsp3) is 0.500. The van der Waals surface area contributed by atoms with E-state index >= 15 is 0 Å². The molecule has 1 aromatic carbocycles. The number of aromatic nitrogens is 1. The molecule has 1 aliphatic heterocycles. The Hall–Kier alpha value is -2.93. The zero-order valence-corrected chi connectivity index (χ0v) is 19.7. The maximum absolute atomic E-state index is 12.0. The van der Waals surface area contributed by atoms with Gasteiger partial charge in [0.15, 0.2) is 5.69 Å². The normalized spacial score (nSPS) is 17.5. The van der Waals surface area contributed by atoms with Gasteiger partial charge in [-0.25, -0.2) is 9.78 Å². The van der Waals surface area contributed by atoms with Crippen molar-refractivity contribution in [3.05, 3.63) is 47.7 Å². The molecule has 0 amide bonds. The van der Waals surface area contributed by atoms with Crippen molar-refractivity contribution in [2.45, 2.75) is 51.6 Å². The van der Waals surface area contributed by atoms with E-state index in [9.17, 15) is 9.90 Å². The molecule has 2 aliphatic rings. The molecule has 7 nitrogen and oxygen atoms in total. The first-order valence-corrected chi connectivity index (χ1v) is 11.8. The number of methoxy groups -OCH3 is 1. The van der Waals surface area contributed by atoms with Crippen LogP contribution in [0.1, 0.15) is 62.0 Å². The van der Waals surface area contributed by atoms with Crippen LogP contribution in [0.15, 0.2) is 36.4 Å². The lowest BCUT2D eigenvalue weighted by Gasteiger charge is -2.41. The molecule has 0 radical (unpaired) electrons. The Bertz CT molecular complexity index is 1010. The Morgan fingerprint density at radius 2 is 1.85 bits per heavy atom. The number of carbonyl (C=O) groups is 1. The van der Waals surface area contributed by atoms with Crippen LogP contribution in [0.2, 0.25) is 0 Å². The fourth-order valence-electron chi connectivity index (χ4n) is 4.79. The van der Waals surface area contributed by atoms with Crippen molar-refractivity contribution in [3.63, 3.8) is 0 Å². The Morgan fingerprint density at radius 3 is 2.39 bits per heavy atom. The standard InChI is InChI=1S/C26H34N4O3/c1-26(2,33-3)18-12-14-30(15-13-18)21-16-20(25(31)32)29-24(28-19-10-5-4-6-11-19)22(21)23(27)17-8-7-9-17/h4-6,10-11,16-18,27H,7-9,12-15H2,1-3H3,(H,28,29)(H,31,32). The van der Waals surface area contributed by atoms with Gasteiger partial charge in [-0.2, -0.15) is 0 Å². The van der Waals surface area contributed by atoms with Crippen molar-refractivity contribution in [1.29, 1.82) is 5.41 Å². The second kappa shape index (κ2) is 9.51. The maximum atomic E-state index is 12.0. The maximum Gasteiger partial charge on any atom is 0.354 e. The third-order valence-electron chi connectivity index (χ3n) is 7.38. The van der Waals surface area contributed by atoms with Gasteiger partial charge in [0.1, 0.15) is 5.82 Å². The molecule has 0 spiro atoms. The lowest BCUT2D eigenvalue weighted by molar-refractivity contribution is -0.0357. The zero-order valence-electron chi connectivity index (χ0n) is 19.7. The molecule has 1 aliphatic carbocycles. The molecule has 1 saturated carbocycles. The Labute approximate surface area is 195 Å². The van der Waals surface area contributed by atoms with Crippen molar-refractivity contribution >= 4 is 28.9 Å². The first-order valence-electron chi connectivity index (χ1n) is 11.8. The SMILES string of the molecule is COC(C)(C)C1CCN(c2cc(C(=O)O)nc(Nc3ccccc3)c2C(=N)C2CCC2)CC1. The topological polar surface area (TPSA) is 98.5 Å². The molecule has 0 atom stereocenters. The van der Waals surface area contributed by atoms with Crippen LogP contribution in [-0.4, -0.2) is 47.6 Å². The summed E-state index contributed by atoms with van der Waals surface area (Å²) in [5, 5.41) is 22.1. The number of piperidine rings is 1. The molecule has 0 bridgehead atoms. The Balaban J connectivity index is 1.74. The van der Waals surface area contributed by atoms with Crippen LogP contribution in [0.4, 0.5) is 17.2 Å². The highest BCUT2D eigenvalue weighted by Crippen LogP contribution is 2.39. The molecule has 1 aromatic heterocycles. The van der Waals surface area contributed by atoms with Crippen LogP contribution in [0, 0.1) is 17.2 Å². The van der Waals surface area contributed by atoms with Crippen LogP contribution in [0.3, 0.4) is 0 Å². The number of carboxylic acid groups (broad SMARTS) is 1. The number of nitrogens with one attached hydrogen (secondary N) is 2. The second-order valence-corrected chi connectivity index (χ2v) is 9.66. The summed E-state index contributed by atoms with van der Waals surface area (Å²) in [6, 6.07) is 11.3. The molecule has 7 heteroatoms. The van der Waals surface area contributed by atoms with Crippen LogP contribution in [0.5, 0.6) is 0 Å². The van der Waals surface area contributed by atoms with E-state index in [0.717, 1.165) is 62.1 Å². The Kier molecular flexibility index (Phi) is 6.70. The molecule has 0 unspecified atom stereocenters. The number of para-hydroxylation sites is 1. The van der Waals surface area contributed by atoms with E-state index < -0.39 is 5.97 Å². The number of anilines is 3. The molecule has 2 heterocycles. The molecular formula is C26H34N4O3. The third kappa shape index (κ3) is 4.88. The molecule has 2 aromatic rings. The lowest BCUT2D eigenvalue weighted by Crippen LogP contribution is -2.43. The summed E-state index contributed by atoms with van der Waals surface area (Å²) in [5.41, 5.74) is 2.70. The summed E-state index contributed by atoms with van der Waals surface area (Å²) in [6.07, 6.45) is 5.01. The highest BCUT2D eigenvalue weighted by Gasteiger charge is 2.35. The van der Waals surface area contributed by atoms with Gasteiger partial charge in [-0.15, -0.1) is 0 Å². The van der Waals surface area contributed by atoms with Crippen LogP contribution < -0.4 is 10.2 Å². The van der Waals surface area contributed by atoms with Crippen LogP contribution >= 0.6 is 0 Å². The van der Waals surface area contributed by atoms with Gasteiger partial charge in [0.25, 0.3) is 0 Å². The van der Waals surface area contributed by atoms with Gasteiger partial charge in [-0.05, 0) is 63.6 Å². The molecular weight excluding hydrogens is 416 g/mol. The lowest BCUT2D eigenvalue weighted by atomic mass is 9.78. The number of carboxylic acids is 1. The van der Waals surface area contributed by atoms with Crippen LogP contribution in [0.25, 0.3) is 0 Å². The number of rotatable bonds is 8. The third-order valence-corrected chi connectivity index (χ3v) is 7.38. The van der Waals surface area contributed by atoms with Crippen molar-refractivity contribution < 1.29 is 14.6 Å².